The van der Waals surface area contributed by atoms with Crippen molar-refractivity contribution < 1.29 is 9.94 Å². The molecule has 33 heavy (non-hydrogen) atoms. The van der Waals surface area contributed by atoms with E-state index < -0.39 is 0 Å². The van der Waals surface area contributed by atoms with E-state index in [1.807, 2.05) is 67.7 Å². The molecular weight excluding hydrogens is 482 g/mol. The number of H-pyrrole nitrogens is 1. The molecule has 0 fully saturated rings. The van der Waals surface area contributed by atoms with E-state index in [-0.39, 0.29) is 5.88 Å². The minimum atomic E-state index is 0.0532. The summed E-state index contributed by atoms with van der Waals surface area (Å²) < 4.78 is 0.914. The van der Waals surface area contributed by atoms with Crippen LogP contribution in [-0.2, 0) is 11.4 Å². The van der Waals surface area contributed by atoms with E-state index in [1.165, 1.54) is 0 Å². The van der Waals surface area contributed by atoms with Gasteiger partial charge in [-0.05, 0) is 43.4 Å². The number of aromatic nitrogens is 2. The number of hydrogen-bond donors (Lipinski definition) is 2. The Morgan fingerprint density at radius 1 is 1.12 bits per heavy atom. The highest BCUT2D eigenvalue weighted by molar-refractivity contribution is 9.10. The molecule has 7 nitrogen and oxygen atoms in total. The van der Waals surface area contributed by atoms with E-state index in [4.69, 9.17) is 9.83 Å². The molecule has 2 aromatic heterocycles. The largest absolute Gasteiger partial charge is 0.494 e. The summed E-state index contributed by atoms with van der Waals surface area (Å²) in [6.45, 7) is 1.83. The summed E-state index contributed by atoms with van der Waals surface area (Å²) >= 11 is 3.52. The van der Waals surface area contributed by atoms with Gasteiger partial charge in [-0.15, -0.1) is 0 Å². The van der Waals surface area contributed by atoms with Gasteiger partial charge in [0.1, 0.15) is 18.0 Å². The topological polar surface area (TPSA) is 86.1 Å². The van der Waals surface area contributed by atoms with Crippen LogP contribution in [0, 0.1) is 0 Å². The molecule has 0 bridgehead atoms. The van der Waals surface area contributed by atoms with Crippen molar-refractivity contribution in [3.8, 4) is 5.88 Å². The van der Waals surface area contributed by atoms with E-state index in [0.29, 0.717) is 30.1 Å². The molecule has 2 N–H and O–H groups in total. The Morgan fingerprint density at radius 2 is 1.97 bits per heavy atom. The van der Waals surface area contributed by atoms with Crippen LogP contribution in [0.3, 0.4) is 0 Å². The summed E-state index contributed by atoms with van der Waals surface area (Å²) in [6, 6.07) is 19.5. The second-order valence-corrected chi connectivity index (χ2v) is 8.76. The maximum atomic E-state index is 10.7. The normalized spacial score (nSPS) is 14.2. The van der Waals surface area contributed by atoms with Crippen LogP contribution in [0.15, 0.2) is 81.5 Å². The van der Waals surface area contributed by atoms with Crippen molar-refractivity contribution in [3.63, 3.8) is 0 Å². The molecule has 1 aliphatic heterocycles. The lowest BCUT2D eigenvalue weighted by Crippen LogP contribution is -2.23. The number of nitrogens with zero attached hydrogens (tertiary/aromatic N) is 4. The lowest BCUT2D eigenvalue weighted by Gasteiger charge is -2.15. The van der Waals surface area contributed by atoms with Gasteiger partial charge in [0.25, 0.3) is 0 Å². The second-order valence-electron chi connectivity index (χ2n) is 7.85. The number of fused-ring (bicyclic) bond motifs is 2. The van der Waals surface area contributed by atoms with E-state index in [2.05, 4.69) is 36.0 Å². The average Bonchev–Trinajstić information content (AvgIpc) is 3.33. The molecule has 0 saturated heterocycles. The second kappa shape index (κ2) is 9.17. The molecule has 3 heterocycles. The first-order valence-electron chi connectivity index (χ1n) is 10.6. The molecule has 0 spiro atoms. The molecule has 0 unspecified atom stereocenters. The molecule has 0 radical (unpaired) electrons. The van der Waals surface area contributed by atoms with E-state index in [0.717, 1.165) is 38.9 Å². The van der Waals surface area contributed by atoms with Crippen LogP contribution >= 0.6 is 15.9 Å². The fraction of sp³-hybridized carbons (Fsp3) is 0.160. The summed E-state index contributed by atoms with van der Waals surface area (Å²) in [6.07, 6.45) is 1.79. The fourth-order valence-corrected chi connectivity index (χ4v) is 4.24. The third-order valence-corrected chi connectivity index (χ3v) is 5.96. The van der Waals surface area contributed by atoms with Crippen molar-refractivity contribution in [2.45, 2.75) is 6.54 Å². The number of nitrogens with one attached hydrogen (secondary N) is 1. The number of aromatic hydroxyl groups is 1. The molecule has 8 heteroatoms. The van der Waals surface area contributed by atoms with Crippen molar-refractivity contribution in [2.24, 2.45) is 10.1 Å². The van der Waals surface area contributed by atoms with Crippen LogP contribution in [0.5, 0.6) is 5.88 Å². The maximum absolute atomic E-state index is 10.7. The van der Waals surface area contributed by atoms with E-state index in [9.17, 15) is 5.11 Å². The number of hydrogen-bond acceptors (Lipinski definition) is 6. The number of aromatic amines is 1. The minimum Gasteiger partial charge on any atom is -0.494 e. The third kappa shape index (κ3) is 4.40. The lowest BCUT2D eigenvalue weighted by atomic mass is 10.0. The Bertz CT molecular complexity index is 1360. The Kier molecular flexibility index (Phi) is 5.93. The smallest absolute Gasteiger partial charge is 0.199 e. The van der Waals surface area contributed by atoms with Gasteiger partial charge in [-0.25, -0.2) is 4.99 Å². The molecule has 4 aromatic rings. The zero-order valence-corrected chi connectivity index (χ0v) is 19.6. The van der Waals surface area contributed by atoms with Crippen LogP contribution < -0.4 is 0 Å². The number of rotatable bonds is 7. The summed E-state index contributed by atoms with van der Waals surface area (Å²) in [4.78, 5) is 20.0. The van der Waals surface area contributed by atoms with E-state index >= 15 is 0 Å². The molecule has 0 saturated carbocycles. The van der Waals surface area contributed by atoms with Crippen molar-refractivity contribution in [3.05, 3.63) is 88.2 Å². The highest BCUT2D eigenvalue weighted by Gasteiger charge is 2.29. The first-order valence-corrected chi connectivity index (χ1v) is 11.4. The van der Waals surface area contributed by atoms with Crippen molar-refractivity contribution in [1.29, 1.82) is 0 Å². The Hall–Kier alpha value is -3.49. The predicted octanol–water partition coefficient (Wildman–Crippen LogP) is 5.02. The minimum absolute atomic E-state index is 0.0532. The number of halogens is 1. The molecule has 2 aromatic carbocycles. The van der Waals surface area contributed by atoms with Gasteiger partial charge in [0.2, 0.25) is 0 Å². The first kappa shape index (κ1) is 21.4. The zero-order valence-electron chi connectivity index (χ0n) is 18.0. The Morgan fingerprint density at radius 3 is 2.82 bits per heavy atom. The SMILES string of the molecule is CN(CCON=C1C(c2c(O)[nH]c3ccc(Br)cc23)=Nc2ccccc21)Cc1ccccn1. The average molecular weight is 504 g/mol. The number of pyridine rings is 1. The summed E-state index contributed by atoms with van der Waals surface area (Å²) in [5.74, 6) is 0.0532. The van der Waals surface area contributed by atoms with Crippen LogP contribution in [0.25, 0.3) is 10.9 Å². The summed E-state index contributed by atoms with van der Waals surface area (Å²) in [5.41, 5.74) is 5.29. The van der Waals surface area contributed by atoms with Crippen molar-refractivity contribution in [1.82, 2.24) is 14.9 Å². The molecular formula is C25H22BrN5O2. The lowest BCUT2D eigenvalue weighted by molar-refractivity contribution is 0.117. The van der Waals surface area contributed by atoms with Crippen LogP contribution in [0.2, 0.25) is 0 Å². The molecule has 1 aliphatic rings. The van der Waals surface area contributed by atoms with Gasteiger partial charge < -0.3 is 14.9 Å². The molecule has 0 amide bonds. The third-order valence-electron chi connectivity index (χ3n) is 5.47. The van der Waals surface area contributed by atoms with Crippen molar-refractivity contribution >= 4 is 43.9 Å². The van der Waals surface area contributed by atoms with Crippen LogP contribution in [-0.4, -0.2) is 51.6 Å². The number of oxime groups is 1. The van der Waals surface area contributed by atoms with Crippen molar-refractivity contribution in [2.75, 3.05) is 20.2 Å². The molecule has 166 valence electrons. The van der Waals surface area contributed by atoms with Gasteiger partial charge >= 0.3 is 0 Å². The van der Waals surface area contributed by atoms with Gasteiger partial charge in [-0.1, -0.05) is 45.4 Å². The number of likely N-dealkylation sites (N-methyl/N-ethyl adjacent to an activating group) is 1. The standard InChI is InChI=1S/C25H22BrN5O2/c1-31(15-17-6-4-5-11-27-17)12-13-33-30-23-18-7-2-3-8-20(18)28-24(23)22-19-14-16(26)9-10-21(19)29-25(22)32/h2-11,14,29,32H,12-13,15H2,1H3. The highest BCUT2D eigenvalue weighted by Crippen LogP contribution is 2.36. The summed E-state index contributed by atoms with van der Waals surface area (Å²) in [5, 5.41) is 16.0. The van der Waals surface area contributed by atoms with Gasteiger partial charge in [0, 0.05) is 40.2 Å². The Labute approximate surface area is 199 Å². The molecule has 0 aliphatic carbocycles. The first-order chi connectivity index (χ1) is 16.1. The fourth-order valence-electron chi connectivity index (χ4n) is 3.88. The number of aliphatic imine (C=N–C) groups is 1. The monoisotopic (exact) mass is 503 g/mol. The molecule has 5 rings (SSSR count). The van der Waals surface area contributed by atoms with Gasteiger partial charge in [-0.3, -0.25) is 9.88 Å². The maximum Gasteiger partial charge on any atom is 0.199 e. The summed E-state index contributed by atoms with van der Waals surface area (Å²) in [7, 11) is 2.02. The van der Waals surface area contributed by atoms with Gasteiger partial charge in [0.05, 0.1) is 16.9 Å². The molecule has 0 atom stereocenters. The Balaban J connectivity index is 1.39. The highest BCUT2D eigenvalue weighted by atomic mass is 79.9. The number of para-hydroxylation sites is 1. The van der Waals surface area contributed by atoms with Crippen LogP contribution in [0.4, 0.5) is 5.69 Å². The number of benzene rings is 2. The van der Waals surface area contributed by atoms with Gasteiger partial charge in [0.15, 0.2) is 5.88 Å². The van der Waals surface area contributed by atoms with Gasteiger partial charge in [-0.2, -0.15) is 0 Å². The van der Waals surface area contributed by atoms with Crippen LogP contribution in [0.1, 0.15) is 16.8 Å². The quantitative estimate of drug-likeness (QED) is 0.274. The predicted molar refractivity (Wildman–Crippen MR) is 133 cm³/mol. The van der Waals surface area contributed by atoms with E-state index in [1.54, 1.807) is 6.20 Å². The zero-order chi connectivity index (χ0) is 22.8.